The fourth-order valence-electron chi connectivity index (χ4n) is 4.78. The highest BCUT2D eigenvalue weighted by Crippen LogP contribution is 2.35. The minimum Gasteiger partial charge on any atom is -0.481 e. The molecule has 6 nitrogen and oxygen atoms in total. The molecule has 1 saturated heterocycles. The van der Waals surface area contributed by atoms with Crippen LogP contribution in [0.25, 0.3) is 11.0 Å². The summed E-state index contributed by atoms with van der Waals surface area (Å²) in [5.41, 5.74) is 3.12. The van der Waals surface area contributed by atoms with Crippen molar-refractivity contribution in [1.29, 1.82) is 0 Å². The zero-order valence-electron chi connectivity index (χ0n) is 21.8. The molecule has 0 aromatic carbocycles. The maximum Gasteiger partial charge on any atom is 0.213 e. The van der Waals surface area contributed by atoms with E-state index in [4.69, 9.17) is 9.47 Å². The number of likely N-dealkylation sites (tertiary alicyclic amines) is 1. The maximum absolute atomic E-state index is 14.4. The number of rotatable bonds is 8. The van der Waals surface area contributed by atoms with Crippen molar-refractivity contribution in [3.05, 3.63) is 47.7 Å². The van der Waals surface area contributed by atoms with Crippen molar-refractivity contribution in [3.63, 3.8) is 0 Å². The SMILES string of the molecule is CCC(C)CC1CCN(CCc2c(F)cnc3ccc(OC)nc23)C1.CCc1cc2c(cn1)OCS2. The second-order valence-electron chi connectivity index (χ2n) is 9.64. The number of methoxy groups -OCH3 is 1. The van der Waals surface area contributed by atoms with E-state index in [0.29, 0.717) is 28.9 Å². The zero-order chi connectivity index (χ0) is 25.5. The molecule has 0 amide bonds. The van der Waals surface area contributed by atoms with Gasteiger partial charge in [-0.25, -0.2) is 9.37 Å². The van der Waals surface area contributed by atoms with Crippen LogP contribution >= 0.6 is 11.8 Å². The Balaban J connectivity index is 0.000000229. The van der Waals surface area contributed by atoms with Crippen LogP contribution in [0.4, 0.5) is 4.39 Å². The van der Waals surface area contributed by atoms with Gasteiger partial charge in [-0.15, -0.1) is 0 Å². The number of halogens is 1. The number of hydrogen-bond donors (Lipinski definition) is 0. The molecule has 0 radical (unpaired) electrons. The highest BCUT2D eigenvalue weighted by molar-refractivity contribution is 7.99. The maximum atomic E-state index is 14.4. The Hall–Kier alpha value is -2.45. The van der Waals surface area contributed by atoms with Gasteiger partial charge in [0.1, 0.15) is 11.8 Å². The van der Waals surface area contributed by atoms with Crippen LogP contribution < -0.4 is 9.47 Å². The summed E-state index contributed by atoms with van der Waals surface area (Å²) in [4.78, 5) is 16.5. The molecule has 0 spiro atoms. The number of aromatic nitrogens is 3. The van der Waals surface area contributed by atoms with E-state index in [-0.39, 0.29) is 5.82 Å². The molecule has 3 aromatic heterocycles. The van der Waals surface area contributed by atoms with E-state index in [1.807, 2.05) is 12.3 Å². The molecule has 1 fully saturated rings. The predicted octanol–water partition coefficient (Wildman–Crippen LogP) is 6.16. The lowest BCUT2D eigenvalue weighted by atomic mass is 9.93. The average molecular weight is 513 g/mol. The standard InChI is InChI=1S/C20H28FN3O.C8H9NOS/c1-4-14(2)11-15-7-9-24(13-15)10-8-16-17(21)12-22-18-5-6-19(25-3)23-20(16)18;1-2-6-3-8-7(4-9-6)10-5-11-8/h5-6,12,14-15H,4,7-11,13H2,1-3H3;3-4H,2,5H2,1H3. The Labute approximate surface area is 218 Å². The molecule has 5 heterocycles. The number of pyridine rings is 3. The molecule has 36 heavy (non-hydrogen) atoms. The van der Waals surface area contributed by atoms with Crippen LogP contribution in [0.3, 0.4) is 0 Å². The summed E-state index contributed by atoms with van der Waals surface area (Å²) in [7, 11) is 1.57. The van der Waals surface area contributed by atoms with Crippen LogP contribution in [0.1, 0.15) is 51.3 Å². The molecule has 2 unspecified atom stereocenters. The summed E-state index contributed by atoms with van der Waals surface area (Å²) in [5, 5.41) is 0. The number of ether oxygens (including phenoxy) is 2. The van der Waals surface area contributed by atoms with Crippen LogP contribution in [-0.2, 0) is 12.8 Å². The molecule has 0 N–H and O–H groups in total. The third-order valence-electron chi connectivity index (χ3n) is 7.11. The second-order valence-corrected chi connectivity index (χ2v) is 10.6. The molecule has 0 saturated carbocycles. The van der Waals surface area contributed by atoms with Crippen molar-refractivity contribution in [3.8, 4) is 11.6 Å². The van der Waals surface area contributed by atoms with Crippen molar-refractivity contribution in [1.82, 2.24) is 19.9 Å². The van der Waals surface area contributed by atoms with E-state index < -0.39 is 0 Å². The van der Waals surface area contributed by atoms with Gasteiger partial charge in [0.2, 0.25) is 5.88 Å². The second kappa shape index (κ2) is 12.7. The van der Waals surface area contributed by atoms with Gasteiger partial charge in [0.05, 0.1) is 35.4 Å². The number of thioether (sulfide) groups is 1. The fraction of sp³-hybridized carbons (Fsp3) is 0.536. The van der Waals surface area contributed by atoms with Gasteiger partial charge in [-0.1, -0.05) is 39.0 Å². The lowest BCUT2D eigenvalue weighted by Gasteiger charge is -2.18. The molecule has 0 aliphatic carbocycles. The molecule has 5 rings (SSSR count). The number of hydrogen-bond acceptors (Lipinski definition) is 7. The molecule has 2 aliphatic heterocycles. The molecule has 0 bridgehead atoms. The molecule has 8 heteroatoms. The Morgan fingerprint density at radius 3 is 2.89 bits per heavy atom. The van der Waals surface area contributed by atoms with Crippen LogP contribution in [0, 0.1) is 17.7 Å². The van der Waals surface area contributed by atoms with E-state index in [1.165, 1.54) is 30.4 Å². The first-order valence-corrected chi connectivity index (χ1v) is 13.9. The summed E-state index contributed by atoms with van der Waals surface area (Å²) in [6.07, 6.45) is 8.58. The minimum absolute atomic E-state index is 0.274. The molecule has 194 valence electrons. The summed E-state index contributed by atoms with van der Waals surface area (Å²) in [6.45, 7) is 9.81. The third-order valence-corrected chi connectivity index (χ3v) is 7.97. The Morgan fingerprint density at radius 1 is 1.25 bits per heavy atom. The Bertz CT molecular complexity index is 1160. The van der Waals surface area contributed by atoms with Crippen LogP contribution in [-0.4, -0.2) is 52.5 Å². The van der Waals surface area contributed by atoms with Gasteiger partial charge in [-0.2, -0.15) is 0 Å². The molecule has 2 aliphatic rings. The fourth-order valence-corrected chi connectivity index (χ4v) is 5.56. The lowest BCUT2D eigenvalue weighted by Crippen LogP contribution is -2.24. The summed E-state index contributed by atoms with van der Waals surface area (Å²) < 4.78 is 24.8. The summed E-state index contributed by atoms with van der Waals surface area (Å²) in [5.74, 6) is 3.48. The van der Waals surface area contributed by atoms with Gasteiger partial charge < -0.3 is 14.4 Å². The van der Waals surface area contributed by atoms with E-state index in [0.717, 1.165) is 55.3 Å². The van der Waals surface area contributed by atoms with Crippen molar-refractivity contribution in [2.75, 3.05) is 32.7 Å². The number of nitrogens with zero attached hydrogens (tertiary/aromatic N) is 4. The normalized spacial score (nSPS) is 17.9. The van der Waals surface area contributed by atoms with Gasteiger partial charge >= 0.3 is 0 Å². The molecule has 3 aromatic rings. The predicted molar refractivity (Wildman–Crippen MR) is 143 cm³/mol. The lowest BCUT2D eigenvalue weighted by molar-refractivity contribution is 0.310. The number of aryl methyl sites for hydroxylation is 1. The van der Waals surface area contributed by atoms with Crippen LogP contribution in [0.2, 0.25) is 0 Å². The third kappa shape index (κ3) is 6.65. The van der Waals surface area contributed by atoms with Crippen molar-refractivity contribution >= 4 is 22.8 Å². The molecular weight excluding hydrogens is 475 g/mol. The van der Waals surface area contributed by atoms with E-state index >= 15 is 0 Å². The average Bonchev–Trinajstić information content (AvgIpc) is 3.56. The summed E-state index contributed by atoms with van der Waals surface area (Å²) >= 11 is 1.74. The van der Waals surface area contributed by atoms with Crippen molar-refractivity contribution in [2.45, 2.75) is 57.8 Å². The van der Waals surface area contributed by atoms with Gasteiger partial charge in [0, 0.05) is 30.4 Å². The first-order valence-electron chi connectivity index (χ1n) is 13.0. The minimum atomic E-state index is -0.274. The van der Waals surface area contributed by atoms with Gasteiger partial charge in [-0.3, -0.25) is 9.97 Å². The first-order chi connectivity index (χ1) is 17.5. The zero-order valence-corrected chi connectivity index (χ0v) is 22.6. The largest absolute Gasteiger partial charge is 0.481 e. The van der Waals surface area contributed by atoms with Crippen LogP contribution in [0.5, 0.6) is 11.6 Å². The van der Waals surface area contributed by atoms with Gasteiger partial charge in [0.15, 0.2) is 5.75 Å². The van der Waals surface area contributed by atoms with E-state index in [1.54, 1.807) is 24.9 Å². The Morgan fingerprint density at radius 2 is 2.11 bits per heavy atom. The molecule has 2 atom stereocenters. The van der Waals surface area contributed by atoms with Crippen molar-refractivity contribution < 1.29 is 13.9 Å². The van der Waals surface area contributed by atoms with Crippen LogP contribution in [0.15, 0.2) is 35.5 Å². The highest BCUT2D eigenvalue weighted by atomic mass is 32.2. The monoisotopic (exact) mass is 512 g/mol. The topological polar surface area (TPSA) is 60.4 Å². The van der Waals surface area contributed by atoms with Crippen molar-refractivity contribution in [2.24, 2.45) is 11.8 Å². The van der Waals surface area contributed by atoms with Gasteiger partial charge in [-0.05, 0) is 56.2 Å². The Kier molecular flexibility index (Phi) is 9.37. The quantitative estimate of drug-likeness (QED) is 0.358. The molecular formula is C28H37FN4O2S. The number of fused-ring (bicyclic) bond motifs is 2. The smallest absolute Gasteiger partial charge is 0.213 e. The van der Waals surface area contributed by atoms with E-state index in [2.05, 4.69) is 46.7 Å². The van der Waals surface area contributed by atoms with Gasteiger partial charge in [0.25, 0.3) is 0 Å². The first kappa shape index (κ1) is 26.6. The summed E-state index contributed by atoms with van der Waals surface area (Å²) in [6, 6.07) is 5.70. The van der Waals surface area contributed by atoms with E-state index in [9.17, 15) is 4.39 Å². The highest BCUT2D eigenvalue weighted by Gasteiger charge is 2.24.